The van der Waals surface area contributed by atoms with Gasteiger partial charge in [-0.3, -0.25) is 19.7 Å². The van der Waals surface area contributed by atoms with Crippen LogP contribution in [-0.4, -0.2) is 51.9 Å². The van der Waals surface area contributed by atoms with Gasteiger partial charge in [0.15, 0.2) is 0 Å². The highest BCUT2D eigenvalue weighted by atomic mass is 16.2. The lowest BCUT2D eigenvalue weighted by molar-refractivity contribution is 0.0628. The maximum atomic E-state index is 12.9. The first kappa shape index (κ1) is 19.1. The topological polar surface area (TPSA) is 61.4 Å². The molecule has 3 aromatic rings. The number of piperazine rings is 1. The Morgan fingerprint density at radius 3 is 2.45 bits per heavy atom. The Kier molecular flexibility index (Phi) is 6.12. The van der Waals surface area contributed by atoms with Crippen molar-refractivity contribution in [2.75, 3.05) is 31.5 Å². The number of nitrogens with one attached hydrogen (secondary N) is 1. The highest BCUT2D eigenvalue weighted by Gasteiger charge is 2.22. The molecule has 1 aliphatic heterocycles. The largest absolute Gasteiger partial charge is 0.380 e. The van der Waals surface area contributed by atoms with Crippen molar-refractivity contribution in [3.05, 3.63) is 90.0 Å². The minimum atomic E-state index is 0.0434. The van der Waals surface area contributed by atoms with E-state index in [2.05, 4.69) is 44.5 Å². The Hall–Kier alpha value is -3.25. The van der Waals surface area contributed by atoms with Crippen LogP contribution in [0, 0.1) is 0 Å². The van der Waals surface area contributed by atoms with Gasteiger partial charge >= 0.3 is 0 Å². The van der Waals surface area contributed by atoms with E-state index in [-0.39, 0.29) is 5.91 Å². The fourth-order valence-electron chi connectivity index (χ4n) is 3.49. The molecule has 6 heteroatoms. The quantitative estimate of drug-likeness (QED) is 0.704. The van der Waals surface area contributed by atoms with Gasteiger partial charge in [-0.2, -0.15) is 0 Å². The molecule has 3 heterocycles. The average Bonchev–Trinajstić information content (AvgIpc) is 2.79. The van der Waals surface area contributed by atoms with Gasteiger partial charge in [-0.15, -0.1) is 0 Å². The SMILES string of the molecule is O=C(c1cncc(NCc2cccnc2)c1)N1CCN(Cc2ccccc2)CC1. The van der Waals surface area contributed by atoms with E-state index < -0.39 is 0 Å². The van der Waals surface area contributed by atoms with Crippen LogP contribution < -0.4 is 5.32 Å². The van der Waals surface area contributed by atoms with Gasteiger partial charge in [0.05, 0.1) is 11.3 Å². The molecule has 1 N–H and O–H groups in total. The lowest BCUT2D eigenvalue weighted by atomic mass is 10.1. The summed E-state index contributed by atoms with van der Waals surface area (Å²) in [5, 5.41) is 3.31. The van der Waals surface area contributed by atoms with E-state index in [0.29, 0.717) is 12.1 Å². The summed E-state index contributed by atoms with van der Waals surface area (Å²) in [6, 6.07) is 16.3. The predicted molar refractivity (Wildman–Crippen MR) is 113 cm³/mol. The molecule has 4 rings (SSSR count). The minimum absolute atomic E-state index is 0.0434. The van der Waals surface area contributed by atoms with Crippen molar-refractivity contribution >= 4 is 11.6 Å². The van der Waals surface area contributed by atoms with E-state index >= 15 is 0 Å². The highest BCUT2D eigenvalue weighted by Crippen LogP contribution is 2.15. The van der Waals surface area contributed by atoms with Gasteiger partial charge in [-0.25, -0.2) is 0 Å². The predicted octanol–water partition coefficient (Wildman–Crippen LogP) is 3.05. The van der Waals surface area contributed by atoms with E-state index in [9.17, 15) is 4.79 Å². The van der Waals surface area contributed by atoms with Crippen LogP contribution in [0.4, 0.5) is 5.69 Å². The lowest BCUT2D eigenvalue weighted by Gasteiger charge is -2.34. The summed E-state index contributed by atoms with van der Waals surface area (Å²) >= 11 is 0. The third kappa shape index (κ3) is 5.18. The molecule has 0 radical (unpaired) electrons. The normalized spacial score (nSPS) is 14.6. The van der Waals surface area contributed by atoms with Crippen molar-refractivity contribution in [3.8, 4) is 0 Å². The molecule has 2 aromatic heterocycles. The van der Waals surface area contributed by atoms with Crippen LogP contribution in [-0.2, 0) is 13.1 Å². The lowest BCUT2D eigenvalue weighted by Crippen LogP contribution is -2.48. The third-order valence-electron chi connectivity index (χ3n) is 5.11. The number of aromatic nitrogens is 2. The molecule has 0 saturated carbocycles. The van der Waals surface area contributed by atoms with Crippen LogP contribution >= 0.6 is 0 Å². The maximum Gasteiger partial charge on any atom is 0.255 e. The van der Waals surface area contributed by atoms with Crippen LogP contribution in [0.15, 0.2) is 73.3 Å². The Labute approximate surface area is 171 Å². The number of carbonyl (C=O) groups is 1. The molecule has 6 nitrogen and oxygen atoms in total. The minimum Gasteiger partial charge on any atom is -0.380 e. The fraction of sp³-hybridized carbons (Fsp3) is 0.261. The molecule has 1 fully saturated rings. The molecular formula is C23H25N5O. The first-order valence-corrected chi connectivity index (χ1v) is 9.91. The second kappa shape index (κ2) is 9.30. The van der Waals surface area contributed by atoms with Crippen LogP contribution in [0.2, 0.25) is 0 Å². The van der Waals surface area contributed by atoms with Gasteiger partial charge in [-0.05, 0) is 23.3 Å². The van der Waals surface area contributed by atoms with Gasteiger partial charge in [0, 0.05) is 64.1 Å². The van der Waals surface area contributed by atoms with Crippen molar-refractivity contribution in [3.63, 3.8) is 0 Å². The van der Waals surface area contributed by atoms with Crippen LogP contribution in [0.1, 0.15) is 21.5 Å². The zero-order chi connectivity index (χ0) is 19.9. The number of nitrogens with zero attached hydrogens (tertiary/aromatic N) is 4. The number of benzene rings is 1. The molecular weight excluding hydrogens is 362 g/mol. The second-order valence-corrected chi connectivity index (χ2v) is 7.23. The number of hydrogen-bond donors (Lipinski definition) is 1. The van der Waals surface area contributed by atoms with E-state index in [1.807, 2.05) is 35.4 Å². The van der Waals surface area contributed by atoms with Crippen molar-refractivity contribution in [2.24, 2.45) is 0 Å². The first-order chi connectivity index (χ1) is 14.3. The molecule has 1 amide bonds. The smallest absolute Gasteiger partial charge is 0.255 e. The number of carbonyl (C=O) groups excluding carboxylic acids is 1. The number of rotatable bonds is 6. The summed E-state index contributed by atoms with van der Waals surface area (Å²) in [5.74, 6) is 0.0434. The molecule has 0 unspecified atom stereocenters. The van der Waals surface area contributed by atoms with Crippen LogP contribution in [0.5, 0.6) is 0 Å². The van der Waals surface area contributed by atoms with Crippen molar-refractivity contribution < 1.29 is 4.79 Å². The molecule has 1 saturated heterocycles. The fourth-order valence-corrected chi connectivity index (χ4v) is 3.49. The average molecular weight is 387 g/mol. The van der Waals surface area contributed by atoms with E-state index in [1.165, 1.54) is 5.56 Å². The van der Waals surface area contributed by atoms with Gasteiger partial charge < -0.3 is 10.2 Å². The van der Waals surface area contributed by atoms with Gasteiger partial charge in [-0.1, -0.05) is 36.4 Å². The monoisotopic (exact) mass is 387 g/mol. The van der Waals surface area contributed by atoms with E-state index in [1.54, 1.807) is 18.6 Å². The summed E-state index contributed by atoms with van der Waals surface area (Å²) in [5.41, 5.74) is 3.85. The Balaban J connectivity index is 1.31. The maximum absolute atomic E-state index is 12.9. The Bertz CT molecular complexity index is 924. The zero-order valence-corrected chi connectivity index (χ0v) is 16.4. The second-order valence-electron chi connectivity index (χ2n) is 7.23. The number of hydrogen-bond acceptors (Lipinski definition) is 5. The standard InChI is InChI=1S/C23H25N5O/c29-23(28-11-9-27(10-12-28)18-19-5-2-1-3-6-19)21-13-22(17-25-16-21)26-15-20-7-4-8-24-14-20/h1-8,13-14,16-17,26H,9-12,15,18H2. The van der Waals surface area contributed by atoms with E-state index in [0.717, 1.165) is 44.0 Å². The summed E-state index contributed by atoms with van der Waals surface area (Å²) < 4.78 is 0. The zero-order valence-electron chi connectivity index (χ0n) is 16.4. The van der Waals surface area contributed by atoms with Crippen molar-refractivity contribution in [1.82, 2.24) is 19.8 Å². The van der Waals surface area contributed by atoms with Crippen LogP contribution in [0.25, 0.3) is 0 Å². The molecule has 0 spiro atoms. The first-order valence-electron chi connectivity index (χ1n) is 9.91. The molecule has 29 heavy (non-hydrogen) atoms. The summed E-state index contributed by atoms with van der Waals surface area (Å²) in [7, 11) is 0. The Morgan fingerprint density at radius 2 is 1.69 bits per heavy atom. The number of pyridine rings is 2. The molecule has 1 aromatic carbocycles. The van der Waals surface area contributed by atoms with Gasteiger partial charge in [0.25, 0.3) is 5.91 Å². The molecule has 148 valence electrons. The number of amides is 1. The Morgan fingerprint density at radius 1 is 0.897 bits per heavy atom. The van der Waals surface area contributed by atoms with Gasteiger partial charge in [0.1, 0.15) is 0 Å². The van der Waals surface area contributed by atoms with Gasteiger partial charge in [0.2, 0.25) is 0 Å². The summed E-state index contributed by atoms with van der Waals surface area (Å²) in [6.45, 7) is 4.81. The molecule has 0 atom stereocenters. The highest BCUT2D eigenvalue weighted by molar-refractivity contribution is 5.94. The third-order valence-corrected chi connectivity index (χ3v) is 5.11. The molecule has 1 aliphatic rings. The van der Waals surface area contributed by atoms with E-state index in [4.69, 9.17) is 0 Å². The molecule has 0 aliphatic carbocycles. The van der Waals surface area contributed by atoms with Crippen molar-refractivity contribution in [1.29, 1.82) is 0 Å². The molecule has 0 bridgehead atoms. The van der Waals surface area contributed by atoms with Crippen molar-refractivity contribution in [2.45, 2.75) is 13.1 Å². The van der Waals surface area contributed by atoms with Crippen LogP contribution in [0.3, 0.4) is 0 Å². The summed E-state index contributed by atoms with van der Waals surface area (Å²) in [6.07, 6.45) is 6.97. The number of anilines is 1. The summed E-state index contributed by atoms with van der Waals surface area (Å²) in [4.78, 5) is 25.6.